The summed E-state index contributed by atoms with van der Waals surface area (Å²) in [7, 11) is 0. The second-order valence-electron chi connectivity index (χ2n) is 2.52. The largest absolute Gasteiger partial charge is 0.356 e. The van der Waals surface area contributed by atoms with Crippen molar-refractivity contribution in [2.24, 2.45) is 0 Å². The molecule has 0 fully saturated rings. The van der Waals surface area contributed by atoms with Crippen LogP contribution in [0.15, 0.2) is 0 Å². The van der Waals surface area contributed by atoms with E-state index in [0.29, 0.717) is 19.4 Å². The van der Waals surface area contributed by atoms with Gasteiger partial charge in [0.1, 0.15) is 0 Å². The summed E-state index contributed by atoms with van der Waals surface area (Å²) in [6, 6.07) is 0. The van der Waals surface area contributed by atoms with E-state index in [-0.39, 0.29) is 9.70 Å². The summed E-state index contributed by atoms with van der Waals surface area (Å²) < 4.78 is 0.170. The van der Waals surface area contributed by atoms with E-state index in [1.165, 1.54) is 0 Å². The third kappa shape index (κ3) is 7.97. The van der Waals surface area contributed by atoms with Gasteiger partial charge in [0, 0.05) is 19.4 Å². The average molecular weight is 283 g/mol. The Morgan fingerprint density at radius 1 is 1.25 bits per heavy atom. The lowest BCUT2D eigenvalue weighted by Crippen LogP contribution is -2.22. The minimum atomic E-state index is 0.0819. The zero-order chi connectivity index (χ0) is 9.40. The Kier molecular flexibility index (Phi) is 7.43. The lowest BCUT2D eigenvalue weighted by Gasteiger charge is -1.99. The summed E-state index contributed by atoms with van der Waals surface area (Å²) in [5.74, 6) is 0.0819. The Labute approximate surface area is 86.4 Å². The summed E-state index contributed by atoms with van der Waals surface area (Å²) in [4.78, 5) is 21.4. The molecule has 12 heavy (non-hydrogen) atoms. The molecule has 70 valence electrons. The molecule has 0 atom stereocenters. The summed E-state index contributed by atoms with van der Waals surface area (Å²) in [5, 5.41) is 2.71. The molecule has 0 aromatic rings. The lowest BCUT2D eigenvalue weighted by molar-refractivity contribution is -0.121. The van der Waals surface area contributed by atoms with Crippen molar-refractivity contribution in [3.8, 4) is 0 Å². The molecule has 0 spiro atoms. The van der Waals surface area contributed by atoms with Crippen LogP contribution in [0.2, 0.25) is 0 Å². The first-order valence-electron chi connectivity index (χ1n) is 4.11. The lowest BCUT2D eigenvalue weighted by atomic mass is 10.2. The van der Waals surface area contributed by atoms with Crippen LogP contribution in [-0.2, 0) is 9.59 Å². The first-order valence-corrected chi connectivity index (χ1v) is 5.19. The molecule has 0 aliphatic rings. The second kappa shape index (κ2) is 7.52. The molecule has 1 N–H and O–H groups in total. The molecular formula is C8H14INO2. The molecule has 0 aliphatic heterocycles. The first kappa shape index (κ1) is 11.9. The Morgan fingerprint density at radius 2 is 1.83 bits per heavy atom. The van der Waals surface area contributed by atoms with E-state index in [4.69, 9.17) is 0 Å². The normalized spacial score (nSPS) is 9.50. The topological polar surface area (TPSA) is 46.2 Å². The predicted molar refractivity (Wildman–Crippen MR) is 56.2 cm³/mol. The number of nitrogens with one attached hydrogen (secondary N) is 1. The summed E-state index contributed by atoms with van der Waals surface area (Å²) in [6.07, 6.45) is 2.75. The number of carbonyl (C=O) groups is 2. The molecule has 0 aromatic heterocycles. The molecule has 0 aliphatic carbocycles. The number of unbranched alkanes of at least 4 members (excludes halogenated alkanes) is 1. The fraction of sp³-hybridized carbons (Fsp3) is 0.750. The molecule has 1 amide bonds. The van der Waals surface area contributed by atoms with Crippen LogP contribution >= 0.6 is 22.6 Å². The number of carbonyl (C=O) groups excluding carboxylic acids is 2. The number of hydrogen-bond donors (Lipinski definition) is 1. The highest BCUT2D eigenvalue weighted by atomic mass is 127. The van der Waals surface area contributed by atoms with E-state index in [9.17, 15) is 9.59 Å². The van der Waals surface area contributed by atoms with Crippen LogP contribution in [0, 0.1) is 0 Å². The highest BCUT2D eigenvalue weighted by Gasteiger charge is 2.00. The van der Waals surface area contributed by atoms with Gasteiger partial charge in [0.25, 0.3) is 0 Å². The maximum atomic E-state index is 10.9. The van der Waals surface area contributed by atoms with Crippen LogP contribution in [0.5, 0.6) is 0 Å². The molecule has 4 heteroatoms. The minimum Gasteiger partial charge on any atom is -0.356 e. The molecule has 0 heterocycles. The smallest absolute Gasteiger partial charge is 0.219 e. The van der Waals surface area contributed by atoms with Crippen molar-refractivity contribution < 1.29 is 9.59 Å². The molecular weight excluding hydrogens is 269 g/mol. The van der Waals surface area contributed by atoms with Crippen molar-refractivity contribution in [1.82, 2.24) is 5.32 Å². The molecule has 0 saturated heterocycles. The maximum absolute atomic E-state index is 10.9. The van der Waals surface area contributed by atoms with E-state index < -0.39 is 0 Å². The van der Waals surface area contributed by atoms with Crippen LogP contribution in [0.3, 0.4) is 0 Å². The first-order chi connectivity index (χ1) is 5.66. The molecule has 0 bridgehead atoms. The van der Waals surface area contributed by atoms with Gasteiger partial charge in [0.15, 0.2) is 3.79 Å². The van der Waals surface area contributed by atoms with Gasteiger partial charge >= 0.3 is 0 Å². The van der Waals surface area contributed by atoms with Crippen LogP contribution in [0.4, 0.5) is 0 Å². The van der Waals surface area contributed by atoms with Crippen molar-refractivity contribution in [2.75, 3.05) is 6.54 Å². The van der Waals surface area contributed by atoms with Crippen molar-refractivity contribution in [1.29, 1.82) is 0 Å². The Bertz CT molecular complexity index is 159. The number of amides is 1. The standard InChI is InChI=1S/C8H14INO2/c1-2-10-8(12)6-4-3-5-7(9)11/h2-6H2,1H3,(H,10,12). The Hall–Kier alpha value is -0.130. The summed E-state index contributed by atoms with van der Waals surface area (Å²) in [6.45, 7) is 2.58. The van der Waals surface area contributed by atoms with Crippen LogP contribution in [-0.4, -0.2) is 16.2 Å². The zero-order valence-electron chi connectivity index (χ0n) is 7.23. The van der Waals surface area contributed by atoms with E-state index in [1.54, 1.807) is 22.6 Å². The average Bonchev–Trinajstić information content (AvgIpc) is 1.98. The quantitative estimate of drug-likeness (QED) is 0.457. The van der Waals surface area contributed by atoms with Gasteiger partial charge in [-0.15, -0.1) is 0 Å². The van der Waals surface area contributed by atoms with E-state index in [0.717, 1.165) is 12.8 Å². The number of rotatable bonds is 6. The summed E-state index contributed by atoms with van der Waals surface area (Å²) in [5.41, 5.74) is 0. The monoisotopic (exact) mass is 283 g/mol. The molecule has 0 aromatic carbocycles. The Morgan fingerprint density at radius 3 is 2.33 bits per heavy atom. The highest BCUT2D eigenvalue weighted by Crippen LogP contribution is 2.03. The van der Waals surface area contributed by atoms with E-state index >= 15 is 0 Å². The zero-order valence-corrected chi connectivity index (χ0v) is 9.39. The fourth-order valence-electron chi connectivity index (χ4n) is 0.835. The van der Waals surface area contributed by atoms with Crippen molar-refractivity contribution >= 4 is 32.3 Å². The van der Waals surface area contributed by atoms with Gasteiger partial charge in [-0.05, 0) is 42.4 Å². The van der Waals surface area contributed by atoms with Gasteiger partial charge in [-0.3, -0.25) is 9.59 Å². The molecule has 0 radical (unpaired) electrons. The van der Waals surface area contributed by atoms with Crippen molar-refractivity contribution in [3.05, 3.63) is 0 Å². The van der Waals surface area contributed by atoms with E-state index in [2.05, 4.69) is 5.32 Å². The molecule has 0 saturated carbocycles. The van der Waals surface area contributed by atoms with Gasteiger partial charge in [-0.25, -0.2) is 0 Å². The van der Waals surface area contributed by atoms with Crippen LogP contribution in [0.1, 0.15) is 32.6 Å². The Balaban J connectivity index is 3.19. The van der Waals surface area contributed by atoms with Crippen molar-refractivity contribution in [3.63, 3.8) is 0 Å². The number of hydrogen-bond acceptors (Lipinski definition) is 2. The molecule has 0 rings (SSSR count). The minimum absolute atomic E-state index is 0.0819. The maximum Gasteiger partial charge on any atom is 0.219 e. The summed E-state index contributed by atoms with van der Waals surface area (Å²) >= 11 is 1.78. The van der Waals surface area contributed by atoms with E-state index in [1.807, 2.05) is 6.92 Å². The van der Waals surface area contributed by atoms with Gasteiger partial charge in [0.2, 0.25) is 5.91 Å². The van der Waals surface area contributed by atoms with Crippen LogP contribution < -0.4 is 5.32 Å². The molecule has 0 unspecified atom stereocenters. The highest BCUT2D eigenvalue weighted by molar-refractivity contribution is 14.1. The molecule has 3 nitrogen and oxygen atoms in total. The third-order valence-corrected chi connectivity index (χ3v) is 1.94. The van der Waals surface area contributed by atoms with Crippen molar-refractivity contribution in [2.45, 2.75) is 32.6 Å². The van der Waals surface area contributed by atoms with Gasteiger partial charge in [-0.2, -0.15) is 0 Å². The SMILES string of the molecule is CCNC(=O)CCCCC(=O)I. The third-order valence-electron chi connectivity index (χ3n) is 1.40. The fourth-order valence-corrected chi connectivity index (χ4v) is 1.22. The predicted octanol–water partition coefficient (Wildman–Crippen LogP) is 1.64. The van der Waals surface area contributed by atoms with Gasteiger partial charge < -0.3 is 5.32 Å². The van der Waals surface area contributed by atoms with Gasteiger partial charge in [-0.1, -0.05) is 0 Å². The van der Waals surface area contributed by atoms with Crippen LogP contribution in [0.25, 0.3) is 0 Å². The van der Waals surface area contributed by atoms with Gasteiger partial charge in [0.05, 0.1) is 0 Å². The second-order valence-corrected chi connectivity index (χ2v) is 3.72. The number of halogens is 1.